The van der Waals surface area contributed by atoms with Crippen molar-refractivity contribution in [3.8, 4) is 0 Å². The highest BCUT2D eigenvalue weighted by Gasteiger charge is 2.16. The van der Waals surface area contributed by atoms with E-state index in [9.17, 15) is 14.4 Å². The quantitative estimate of drug-likeness (QED) is 0.702. The van der Waals surface area contributed by atoms with Crippen LogP contribution in [-0.4, -0.2) is 36.3 Å². The zero-order valence-corrected chi connectivity index (χ0v) is 12.1. The molecule has 2 rings (SSSR count). The first-order chi connectivity index (χ1) is 9.84. The molecule has 0 unspecified atom stereocenters. The molecular formula is C12H17N5O4. The highest BCUT2D eigenvalue weighted by molar-refractivity contribution is 5.74. The normalized spacial score (nSPS) is 11.0. The maximum absolute atomic E-state index is 12.1. The minimum absolute atomic E-state index is 0.0528. The van der Waals surface area contributed by atoms with Crippen LogP contribution in [0.1, 0.15) is 12.8 Å². The van der Waals surface area contributed by atoms with Crippen LogP contribution in [0.15, 0.2) is 9.59 Å². The number of fused-ring (bicyclic) bond motifs is 1. The molecule has 0 aliphatic carbocycles. The number of hydrogen-bond acceptors (Lipinski definition) is 5. The molecule has 0 spiro atoms. The number of carboxylic acid groups (broad SMARTS) is 1. The number of imidazole rings is 1. The lowest BCUT2D eigenvalue weighted by Crippen LogP contribution is -2.37. The van der Waals surface area contributed by atoms with Gasteiger partial charge in [-0.15, -0.1) is 0 Å². The minimum atomic E-state index is -0.863. The van der Waals surface area contributed by atoms with Crippen LogP contribution < -0.4 is 16.6 Å². The van der Waals surface area contributed by atoms with E-state index in [4.69, 9.17) is 5.11 Å². The highest BCUT2D eigenvalue weighted by atomic mass is 16.4. The van der Waals surface area contributed by atoms with Gasteiger partial charge in [0.2, 0.25) is 5.95 Å². The van der Waals surface area contributed by atoms with Crippen molar-refractivity contribution >= 4 is 23.1 Å². The molecule has 0 aromatic carbocycles. The average molecular weight is 295 g/mol. The molecule has 0 radical (unpaired) electrons. The summed E-state index contributed by atoms with van der Waals surface area (Å²) in [4.78, 5) is 38.7. The number of nitrogens with zero attached hydrogens (tertiary/aromatic N) is 4. The van der Waals surface area contributed by atoms with Crippen molar-refractivity contribution in [3.05, 3.63) is 20.8 Å². The summed E-state index contributed by atoms with van der Waals surface area (Å²) in [7, 11) is 4.63. The first kappa shape index (κ1) is 14.8. The largest absolute Gasteiger partial charge is 0.481 e. The summed E-state index contributed by atoms with van der Waals surface area (Å²) in [5.41, 5.74) is -0.239. The molecule has 2 heterocycles. The Kier molecular flexibility index (Phi) is 3.83. The van der Waals surface area contributed by atoms with E-state index in [1.54, 1.807) is 18.7 Å². The van der Waals surface area contributed by atoms with Gasteiger partial charge in [0.25, 0.3) is 5.56 Å². The van der Waals surface area contributed by atoms with Crippen molar-refractivity contribution in [2.75, 3.05) is 11.9 Å². The van der Waals surface area contributed by atoms with Gasteiger partial charge in [-0.25, -0.2) is 4.79 Å². The Hall–Kier alpha value is -2.58. The summed E-state index contributed by atoms with van der Waals surface area (Å²) in [5.74, 6) is -0.438. The Labute approximate surface area is 119 Å². The summed E-state index contributed by atoms with van der Waals surface area (Å²) >= 11 is 0. The SMILES string of the molecule is Cn1c(=O)c2c(nc(NCCCC(=O)O)n2C)n(C)c1=O. The predicted octanol–water partition coefficient (Wildman–Crippen LogP) is -0.753. The van der Waals surface area contributed by atoms with Gasteiger partial charge in [0.15, 0.2) is 11.2 Å². The maximum Gasteiger partial charge on any atom is 0.332 e. The van der Waals surface area contributed by atoms with Gasteiger partial charge in [0, 0.05) is 34.1 Å². The Morgan fingerprint density at radius 3 is 2.48 bits per heavy atom. The van der Waals surface area contributed by atoms with Gasteiger partial charge in [-0.05, 0) is 6.42 Å². The Balaban J connectivity index is 2.40. The molecule has 0 saturated heterocycles. The highest BCUT2D eigenvalue weighted by Crippen LogP contribution is 2.13. The second-order valence-electron chi connectivity index (χ2n) is 4.80. The van der Waals surface area contributed by atoms with E-state index in [1.165, 1.54) is 11.6 Å². The van der Waals surface area contributed by atoms with E-state index in [0.29, 0.717) is 30.1 Å². The molecule has 9 heteroatoms. The molecule has 9 nitrogen and oxygen atoms in total. The van der Waals surface area contributed by atoms with Crippen LogP contribution in [0.3, 0.4) is 0 Å². The molecule has 2 N–H and O–H groups in total. The van der Waals surface area contributed by atoms with Gasteiger partial charge >= 0.3 is 11.7 Å². The van der Waals surface area contributed by atoms with Crippen molar-refractivity contribution in [1.82, 2.24) is 18.7 Å². The fourth-order valence-corrected chi connectivity index (χ4v) is 2.12. The molecule has 2 aromatic rings. The van der Waals surface area contributed by atoms with Gasteiger partial charge in [-0.3, -0.25) is 18.7 Å². The predicted molar refractivity (Wildman–Crippen MR) is 76.6 cm³/mol. The number of carboxylic acids is 1. The lowest BCUT2D eigenvalue weighted by Gasteiger charge is -2.05. The summed E-state index contributed by atoms with van der Waals surface area (Å²) in [6.45, 7) is 0.414. The summed E-state index contributed by atoms with van der Waals surface area (Å²) in [5, 5.41) is 11.6. The first-order valence-electron chi connectivity index (χ1n) is 6.42. The lowest BCUT2D eigenvalue weighted by molar-refractivity contribution is -0.137. The van der Waals surface area contributed by atoms with E-state index in [2.05, 4.69) is 10.3 Å². The average Bonchev–Trinajstić information content (AvgIpc) is 2.76. The second-order valence-corrected chi connectivity index (χ2v) is 4.80. The molecule has 0 fully saturated rings. The van der Waals surface area contributed by atoms with Crippen LogP contribution in [0.4, 0.5) is 5.95 Å². The number of aryl methyl sites for hydroxylation is 2. The van der Waals surface area contributed by atoms with E-state index < -0.39 is 17.2 Å². The van der Waals surface area contributed by atoms with Crippen LogP contribution in [-0.2, 0) is 25.9 Å². The number of hydrogen-bond donors (Lipinski definition) is 2. The van der Waals surface area contributed by atoms with Crippen molar-refractivity contribution in [1.29, 1.82) is 0 Å². The lowest BCUT2D eigenvalue weighted by atomic mass is 10.3. The van der Waals surface area contributed by atoms with Crippen molar-refractivity contribution < 1.29 is 9.90 Å². The van der Waals surface area contributed by atoms with E-state index in [1.807, 2.05) is 0 Å². The molecule has 0 aliphatic rings. The van der Waals surface area contributed by atoms with Crippen LogP contribution >= 0.6 is 0 Å². The minimum Gasteiger partial charge on any atom is -0.481 e. The molecule has 0 saturated carbocycles. The molecule has 0 aliphatic heterocycles. The molecule has 0 bridgehead atoms. The third-order valence-electron chi connectivity index (χ3n) is 3.33. The molecule has 114 valence electrons. The van der Waals surface area contributed by atoms with Crippen molar-refractivity contribution in [3.63, 3.8) is 0 Å². The van der Waals surface area contributed by atoms with E-state index in [0.717, 1.165) is 4.57 Å². The topological polar surface area (TPSA) is 111 Å². The first-order valence-corrected chi connectivity index (χ1v) is 6.42. The van der Waals surface area contributed by atoms with Gasteiger partial charge in [0.05, 0.1) is 0 Å². The van der Waals surface area contributed by atoms with Gasteiger partial charge in [-0.2, -0.15) is 4.98 Å². The third-order valence-corrected chi connectivity index (χ3v) is 3.33. The number of aliphatic carboxylic acids is 1. The van der Waals surface area contributed by atoms with Crippen LogP contribution in [0.2, 0.25) is 0 Å². The molecule has 21 heavy (non-hydrogen) atoms. The fourth-order valence-electron chi connectivity index (χ4n) is 2.12. The third kappa shape index (κ3) is 2.54. The summed E-state index contributed by atoms with van der Waals surface area (Å²) in [6.07, 6.45) is 0.493. The standard InChI is InChI=1S/C12H17N5O4/c1-15-8-9(16(2)12(21)17(3)10(8)20)14-11(15)13-6-4-5-7(18)19/h4-6H2,1-3H3,(H,13,14)(H,18,19). The molecular weight excluding hydrogens is 278 g/mol. The second kappa shape index (κ2) is 5.43. The van der Waals surface area contributed by atoms with Crippen LogP contribution in [0.5, 0.6) is 0 Å². The number of aromatic nitrogens is 4. The van der Waals surface area contributed by atoms with E-state index in [-0.39, 0.29) is 6.42 Å². The smallest absolute Gasteiger partial charge is 0.332 e. The summed E-state index contributed by atoms with van der Waals surface area (Å²) < 4.78 is 3.90. The Bertz CT molecular complexity index is 814. The Morgan fingerprint density at radius 2 is 1.86 bits per heavy atom. The number of nitrogens with one attached hydrogen (secondary N) is 1. The van der Waals surface area contributed by atoms with Crippen molar-refractivity contribution in [2.45, 2.75) is 12.8 Å². The maximum atomic E-state index is 12.1. The number of anilines is 1. The van der Waals surface area contributed by atoms with Gasteiger partial charge in [0.1, 0.15) is 0 Å². The van der Waals surface area contributed by atoms with Crippen molar-refractivity contribution in [2.24, 2.45) is 21.1 Å². The fraction of sp³-hybridized carbons (Fsp3) is 0.500. The molecule has 0 amide bonds. The van der Waals surface area contributed by atoms with Crippen LogP contribution in [0, 0.1) is 0 Å². The zero-order valence-electron chi connectivity index (χ0n) is 12.1. The zero-order chi connectivity index (χ0) is 15.7. The van der Waals surface area contributed by atoms with E-state index >= 15 is 0 Å². The van der Waals surface area contributed by atoms with Gasteiger partial charge < -0.3 is 15.0 Å². The van der Waals surface area contributed by atoms with Gasteiger partial charge in [-0.1, -0.05) is 0 Å². The number of rotatable bonds is 5. The number of carbonyl (C=O) groups is 1. The molecule has 0 atom stereocenters. The summed E-state index contributed by atoms with van der Waals surface area (Å²) in [6, 6.07) is 0. The molecule has 2 aromatic heterocycles. The van der Waals surface area contributed by atoms with Crippen LogP contribution in [0.25, 0.3) is 11.2 Å². The Morgan fingerprint density at radius 1 is 1.19 bits per heavy atom. The monoisotopic (exact) mass is 295 g/mol.